The van der Waals surface area contributed by atoms with Crippen LogP contribution in [0, 0.1) is 0 Å². The first kappa shape index (κ1) is 20.8. The molecule has 9 heteroatoms. The van der Waals surface area contributed by atoms with Crippen LogP contribution in [0.15, 0.2) is 65.8 Å². The minimum atomic E-state index is -4.98. The van der Waals surface area contributed by atoms with Crippen molar-refractivity contribution in [3.8, 4) is 5.75 Å². The molecule has 3 aromatic rings. The minimum Gasteiger partial charge on any atom is -0.507 e. The number of alkyl halides is 3. The number of phenolic OH excluding ortho intramolecular Hbond substituents is 1. The third-order valence-electron chi connectivity index (χ3n) is 4.25. The van der Waals surface area contributed by atoms with E-state index in [0.29, 0.717) is 11.3 Å². The predicted molar refractivity (Wildman–Crippen MR) is 106 cm³/mol. The Kier molecular flexibility index (Phi) is 5.72. The van der Waals surface area contributed by atoms with Crippen molar-refractivity contribution in [3.05, 3.63) is 71.8 Å². The maximum atomic E-state index is 12.4. The molecule has 0 aromatic heterocycles. The van der Waals surface area contributed by atoms with Gasteiger partial charge in [0.2, 0.25) is 0 Å². The van der Waals surface area contributed by atoms with Gasteiger partial charge in [-0.25, -0.2) is 5.43 Å². The Bertz CT molecular complexity index is 1140. The molecule has 0 spiro atoms. The number of amides is 2. The second-order valence-corrected chi connectivity index (χ2v) is 6.38. The van der Waals surface area contributed by atoms with Gasteiger partial charge in [-0.05, 0) is 47.5 Å². The molecule has 3 aromatic carbocycles. The lowest BCUT2D eigenvalue weighted by Gasteiger charge is -2.09. The van der Waals surface area contributed by atoms with Gasteiger partial charge in [-0.3, -0.25) is 9.59 Å². The number of aromatic hydroxyl groups is 1. The van der Waals surface area contributed by atoms with Crippen LogP contribution in [0.1, 0.15) is 22.8 Å². The number of phenols is 1. The van der Waals surface area contributed by atoms with Gasteiger partial charge < -0.3 is 10.4 Å². The standard InChI is InChI=1S/C21H16F3N3O3/c1-12(13-6-8-16(9-7-13)25-20(30)21(22,23)24)26-27-19(29)17-10-14-4-2-3-5-15(14)11-18(17)28/h2-11,28H,1H3,(H,25,30)(H,27,29)/b26-12-. The van der Waals surface area contributed by atoms with Crippen LogP contribution < -0.4 is 10.7 Å². The normalized spacial score (nSPS) is 11.9. The first-order chi connectivity index (χ1) is 14.1. The summed E-state index contributed by atoms with van der Waals surface area (Å²) in [4.78, 5) is 23.3. The fourth-order valence-corrected chi connectivity index (χ4v) is 2.67. The Labute approximate surface area is 169 Å². The first-order valence-electron chi connectivity index (χ1n) is 8.70. The predicted octanol–water partition coefficient (Wildman–Crippen LogP) is 4.20. The average molecular weight is 415 g/mol. The Balaban J connectivity index is 1.71. The van der Waals surface area contributed by atoms with E-state index >= 15 is 0 Å². The molecule has 3 N–H and O–H groups in total. The summed E-state index contributed by atoms with van der Waals surface area (Å²) in [5.41, 5.74) is 3.25. The van der Waals surface area contributed by atoms with E-state index in [1.165, 1.54) is 30.3 Å². The van der Waals surface area contributed by atoms with E-state index in [0.717, 1.165) is 10.8 Å². The van der Waals surface area contributed by atoms with Crippen molar-refractivity contribution in [3.63, 3.8) is 0 Å². The number of fused-ring (bicyclic) bond motifs is 1. The van der Waals surface area contributed by atoms with Crippen molar-refractivity contribution in [1.82, 2.24) is 5.43 Å². The van der Waals surface area contributed by atoms with Gasteiger partial charge in [0.05, 0.1) is 11.3 Å². The summed E-state index contributed by atoms with van der Waals surface area (Å²) in [6.07, 6.45) is -4.98. The monoisotopic (exact) mass is 415 g/mol. The van der Waals surface area contributed by atoms with E-state index in [4.69, 9.17) is 0 Å². The molecule has 0 bridgehead atoms. The van der Waals surface area contributed by atoms with Crippen LogP contribution in [0.25, 0.3) is 10.8 Å². The third kappa shape index (κ3) is 4.75. The van der Waals surface area contributed by atoms with Crippen molar-refractivity contribution < 1.29 is 27.9 Å². The van der Waals surface area contributed by atoms with Crippen molar-refractivity contribution >= 4 is 34.0 Å². The van der Waals surface area contributed by atoms with Crippen LogP contribution in [-0.2, 0) is 4.79 Å². The minimum absolute atomic E-state index is 0.0287. The number of nitrogens with zero attached hydrogens (tertiary/aromatic N) is 1. The molecule has 0 radical (unpaired) electrons. The molecular weight excluding hydrogens is 399 g/mol. The van der Waals surface area contributed by atoms with Gasteiger partial charge in [0.1, 0.15) is 5.75 Å². The molecular formula is C21H16F3N3O3. The molecule has 0 atom stereocenters. The zero-order valence-corrected chi connectivity index (χ0v) is 15.6. The summed E-state index contributed by atoms with van der Waals surface area (Å²) in [6.45, 7) is 1.59. The lowest BCUT2D eigenvalue weighted by molar-refractivity contribution is -0.167. The van der Waals surface area contributed by atoms with Gasteiger partial charge in [0, 0.05) is 5.69 Å². The number of carbonyl (C=O) groups excluding carboxylic acids is 2. The Morgan fingerprint density at radius 3 is 2.17 bits per heavy atom. The second kappa shape index (κ2) is 8.24. The molecule has 2 amide bonds. The summed E-state index contributed by atoms with van der Waals surface area (Å²) >= 11 is 0. The molecule has 0 saturated heterocycles. The molecule has 0 fully saturated rings. The van der Waals surface area contributed by atoms with Crippen molar-refractivity contribution in [2.75, 3.05) is 5.32 Å². The van der Waals surface area contributed by atoms with Crippen molar-refractivity contribution in [1.29, 1.82) is 0 Å². The highest BCUT2D eigenvalue weighted by Gasteiger charge is 2.38. The molecule has 154 valence electrons. The van der Waals surface area contributed by atoms with Crippen LogP contribution in [-0.4, -0.2) is 28.8 Å². The summed E-state index contributed by atoms with van der Waals surface area (Å²) in [5, 5.41) is 17.4. The smallest absolute Gasteiger partial charge is 0.471 e. The molecule has 0 saturated carbocycles. The SMILES string of the molecule is C/C(=N/NC(=O)c1cc2ccccc2cc1O)c1ccc(NC(=O)C(F)(F)F)cc1. The number of hydrogen-bond donors (Lipinski definition) is 3. The van der Waals surface area contributed by atoms with E-state index in [-0.39, 0.29) is 17.0 Å². The number of anilines is 1. The largest absolute Gasteiger partial charge is 0.507 e. The van der Waals surface area contributed by atoms with Gasteiger partial charge >= 0.3 is 12.1 Å². The van der Waals surface area contributed by atoms with E-state index in [1.54, 1.807) is 30.4 Å². The molecule has 0 unspecified atom stereocenters. The first-order valence-corrected chi connectivity index (χ1v) is 8.70. The van der Waals surface area contributed by atoms with E-state index < -0.39 is 18.0 Å². The average Bonchev–Trinajstić information content (AvgIpc) is 2.71. The number of hydrazone groups is 1. The van der Waals surface area contributed by atoms with Crippen LogP contribution in [0.4, 0.5) is 18.9 Å². The Morgan fingerprint density at radius 1 is 0.967 bits per heavy atom. The molecule has 0 aliphatic rings. The van der Waals surface area contributed by atoms with E-state index in [9.17, 15) is 27.9 Å². The molecule has 3 rings (SSSR count). The van der Waals surface area contributed by atoms with Crippen LogP contribution in [0.2, 0.25) is 0 Å². The lowest BCUT2D eigenvalue weighted by atomic mass is 10.1. The topological polar surface area (TPSA) is 90.8 Å². The number of nitrogens with one attached hydrogen (secondary N) is 2. The van der Waals surface area contributed by atoms with Crippen molar-refractivity contribution in [2.24, 2.45) is 5.10 Å². The number of hydrogen-bond acceptors (Lipinski definition) is 4. The second-order valence-electron chi connectivity index (χ2n) is 6.38. The van der Waals surface area contributed by atoms with Gasteiger partial charge in [0.15, 0.2) is 0 Å². The van der Waals surface area contributed by atoms with Crippen LogP contribution in [0.5, 0.6) is 5.75 Å². The number of halogens is 3. The number of rotatable bonds is 4. The summed E-state index contributed by atoms with van der Waals surface area (Å²) in [7, 11) is 0. The van der Waals surface area contributed by atoms with Crippen LogP contribution in [0.3, 0.4) is 0 Å². The van der Waals surface area contributed by atoms with E-state index in [2.05, 4.69) is 10.5 Å². The maximum absolute atomic E-state index is 12.4. The van der Waals surface area contributed by atoms with E-state index in [1.807, 2.05) is 12.1 Å². The third-order valence-corrected chi connectivity index (χ3v) is 4.25. The van der Waals surface area contributed by atoms with Crippen LogP contribution >= 0.6 is 0 Å². The summed E-state index contributed by atoms with van der Waals surface area (Å²) < 4.78 is 36.9. The molecule has 0 aliphatic carbocycles. The van der Waals surface area contributed by atoms with Gasteiger partial charge in [0.25, 0.3) is 5.91 Å². The molecule has 6 nitrogen and oxygen atoms in total. The lowest BCUT2D eigenvalue weighted by Crippen LogP contribution is -2.29. The zero-order chi connectivity index (χ0) is 21.9. The highest BCUT2D eigenvalue weighted by Crippen LogP contribution is 2.25. The Morgan fingerprint density at radius 2 is 1.57 bits per heavy atom. The fourth-order valence-electron chi connectivity index (χ4n) is 2.67. The Hall–Kier alpha value is -3.88. The highest BCUT2D eigenvalue weighted by atomic mass is 19.4. The molecule has 0 heterocycles. The number of benzene rings is 3. The maximum Gasteiger partial charge on any atom is 0.471 e. The molecule has 30 heavy (non-hydrogen) atoms. The van der Waals surface area contributed by atoms with Crippen molar-refractivity contribution in [2.45, 2.75) is 13.1 Å². The highest BCUT2D eigenvalue weighted by molar-refractivity contribution is 6.04. The van der Waals surface area contributed by atoms with Gasteiger partial charge in [-0.1, -0.05) is 36.4 Å². The molecule has 0 aliphatic heterocycles. The zero-order valence-electron chi connectivity index (χ0n) is 15.6. The van der Waals surface area contributed by atoms with Gasteiger partial charge in [-0.15, -0.1) is 0 Å². The number of carbonyl (C=O) groups is 2. The quantitative estimate of drug-likeness (QED) is 0.441. The fraction of sp³-hybridized carbons (Fsp3) is 0.0952. The summed E-state index contributed by atoms with van der Waals surface area (Å²) in [5.74, 6) is -2.88. The summed E-state index contributed by atoms with van der Waals surface area (Å²) in [6, 6.07) is 15.7. The van der Waals surface area contributed by atoms with Gasteiger partial charge in [-0.2, -0.15) is 18.3 Å².